The number of halogens is 5. The predicted molar refractivity (Wildman–Crippen MR) is 119 cm³/mol. The summed E-state index contributed by atoms with van der Waals surface area (Å²) >= 11 is 0. The molecule has 1 aliphatic heterocycles. The van der Waals surface area contributed by atoms with E-state index in [1.807, 2.05) is 13.8 Å². The van der Waals surface area contributed by atoms with Crippen molar-refractivity contribution in [3.8, 4) is 17.2 Å². The number of aromatic nitrogens is 4. The normalized spacial score (nSPS) is 15.8. The standard InChI is InChI=1S/C23H22F5N7O/c1-12-19(13(2)33-32-12)15-8-30-35(9-15)22(4-5-29)10-34(11-22)18-7-16(24)6-17(20(18)25)21(36)31-14(3)23(26,27)28/h6-9,14H,4,10-11H2,1-3H3,(H,31,36)(H,32,33). The zero-order chi connectivity index (χ0) is 26.4. The zero-order valence-corrected chi connectivity index (χ0v) is 19.5. The van der Waals surface area contributed by atoms with Gasteiger partial charge in [-0.2, -0.15) is 28.6 Å². The number of carbonyl (C=O) groups excluding carboxylic acids is 1. The Balaban J connectivity index is 1.60. The summed E-state index contributed by atoms with van der Waals surface area (Å²) in [4.78, 5) is 13.7. The van der Waals surface area contributed by atoms with Crippen molar-refractivity contribution in [2.75, 3.05) is 18.0 Å². The van der Waals surface area contributed by atoms with Gasteiger partial charge >= 0.3 is 6.18 Å². The van der Waals surface area contributed by atoms with Gasteiger partial charge in [0.1, 0.15) is 17.4 Å². The lowest BCUT2D eigenvalue weighted by Crippen LogP contribution is -2.63. The number of hydrogen-bond acceptors (Lipinski definition) is 5. The number of nitrogens with one attached hydrogen (secondary N) is 2. The van der Waals surface area contributed by atoms with E-state index in [-0.39, 0.29) is 25.2 Å². The smallest absolute Gasteiger partial charge is 0.364 e. The molecule has 4 rings (SSSR count). The Morgan fingerprint density at radius 2 is 2.00 bits per heavy atom. The van der Waals surface area contributed by atoms with Crippen LogP contribution in [0.2, 0.25) is 0 Å². The molecule has 1 saturated heterocycles. The number of hydrogen-bond donors (Lipinski definition) is 2. The molecule has 1 aliphatic rings. The lowest BCUT2D eigenvalue weighted by atomic mass is 9.86. The molecule has 1 atom stereocenters. The van der Waals surface area contributed by atoms with Crippen molar-refractivity contribution in [2.24, 2.45) is 0 Å². The number of rotatable bonds is 6. The minimum atomic E-state index is -4.74. The molecule has 0 radical (unpaired) electrons. The van der Waals surface area contributed by atoms with Crippen molar-refractivity contribution < 1.29 is 26.7 Å². The predicted octanol–water partition coefficient (Wildman–Crippen LogP) is 3.98. The lowest BCUT2D eigenvalue weighted by Gasteiger charge is -2.50. The van der Waals surface area contributed by atoms with Gasteiger partial charge in [0, 0.05) is 42.2 Å². The Morgan fingerprint density at radius 1 is 1.31 bits per heavy atom. The fourth-order valence-corrected chi connectivity index (χ4v) is 4.33. The van der Waals surface area contributed by atoms with E-state index in [9.17, 15) is 27.6 Å². The maximum Gasteiger partial charge on any atom is 0.408 e. The van der Waals surface area contributed by atoms with Crippen LogP contribution in [0.3, 0.4) is 0 Å². The number of aromatic amines is 1. The zero-order valence-electron chi connectivity index (χ0n) is 19.5. The number of alkyl halides is 3. The molecule has 0 aliphatic carbocycles. The fraction of sp³-hybridized carbons (Fsp3) is 0.391. The summed E-state index contributed by atoms with van der Waals surface area (Å²) in [5.41, 5.74) is 1.25. The van der Waals surface area contributed by atoms with Crippen molar-refractivity contribution in [3.63, 3.8) is 0 Å². The first-order valence-electron chi connectivity index (χ1n) is 10.9. The van der Waals surface area contributed by atoms with Crippen LogP contribution >= 0.6 is 0 Å². The van der Waals surface area contributed by atoms with Crippen LogP contribution in [0.15, 0.2) is 24.5 Å². The summed E-state index contributed by atoms with van der Waals surface area (Å²) in [6.07, 6.45) is -1.35. The van der Waals surface area contributed by atoms with Crippen molar-refractivity contribution in [2.45, 2.75) is 44.9 Å². The van der Waals surface area contributed by atoms with E-state index in [0.717, 1.165) is 28.6 Å². The highest BCUT2D eigenvalue weighted by molar-refractivity contribution is 5.96. The van der Waals surface area contributed by atoms with Crippen LogP contribution in [0.5, 0.6) is 0 Å². The first-order chi connectivity index (χ1) is 16.9. The van der Waals surface area contributed by atoms with E-state index < -0.39 is 40.9 Å². The van der Waals surface area contributed by atoms with Gasteiger partial charge in [0.2, 0.25) is 0 Å². The average molecular weight is 507 g/mol. The number of anilines is 1. The average Bonchev–Trinajstić information content (AvgIpc) is 3.37. The van der Waals surface area contributed by atoms with E-state index in [0.29, 0.717) is 13.0 Å². The second kappa shape index (κ2) is 8.92. The summed E-state index contributed by atoms with van der Waals surface area (Å²) in [6.45, 7) is 4.52. The van der Waals surface area contributed by atoms with Gasteiger partial charge in [-0.3, -0.25) is 14.6 Å². The van der Waals surface area contributed by atoms with Crippen molar-refractivity contribution in [1.82, 2.24) is 25.3 Å². The number of nitrogens with zero attached hydrogens (tertiary/aromatic N) is 5. The maximum absolute atomic E-state index is 15.2. The highest BCUT2D eigenvalue weighted by atomic mass is 19.4. The first-order valence-corrected chi connectivity index (χ1v) is 10.9. The molecule has 190 valence electrons. The van der Waals surface area contributed by atoms with E-state index in [1.54, 1.807) is 22.4 Å². The van der Waals surface area contributed by atoms with Crippen LogP contribution in [-0.4, -0.2) is 51.2 Å². The third-order valence-electron chi connectivity index (χ3n) is 6.31. The third kappa shape index (κ3) is 4.38. The fourth-order valence-electron chi connectivity index (χ4n) is 4.33. The largest absolute Gasteiger partial charge is 0.408 e. The molecule has 2 N–H and O–H groups in total. The molecule has 0 saturated carbocycles. The van der Waals surface area contributed by atoms with E-state index >= 15 is 4.39 Å². The van der Waals surface area contributed by atoms with Gasteiger partial charge in [-0.1, -0.05) is 0 Å². The molecule has 3 heterocycles. The molecule has 3 aromatic rings. The summed E-state index contributed by atoms with van der Waals surface area (Å²) in [5, 5.41) is 22.5. The Bertz CT molecular complexity index is 1330. The molecule has 1 aromatic carbocycles. The number of nitriles is 1. The number of H-pyrrole nitrogens is 1. The van der Waals surface area contributed by atoms with E-state index in [4.69, 9.17) is 0 Å². The quantitative estimate of drug-likeness (QED) is 0.492. The molecule has 1 amide bonds. The molecule has 8 nitrogen and oxygen atoms in total. The summed E-state index contributed by atoms with van der Waals surface area (Å²) in [5.74, 6) is -3.52. The van der Waals surface area contributed by atoms with Crippen molar-refractivity contribution in [1.29, 1.82) is 5.26 Å². The molecular formula is C23H22F5N7O. The Labute approximate surface area is 202 Å². The van der Waals surface area contributed by atoms with Crippen LogP contribution in [-0.2, 0) is 5.54 Å². The minimum Gasteiger partial charge on any atom is -0.364 e. The number of carbonyl (C=O) groups is 1. The van der Waals surface area contributed by atoms with Crippen LogP contribution < -0.4 is 10.2 Å². The monoisotopic (exact) mass is 507 g/mol. The first kappa shape index (κ1) is 25.2. The lowest BCUT2D eigenvalue weighted by molar-refractivity contribution is -0.149. The molecule has 36 heavy (non-hydrogen) atoms. The molecule has 1 unspecified atom stereocenters. The summed E-state index contributed by atoms with van der Waals surface area (Å²) < 4.78 is 69.5. The Morgan fingerprint density at radius 3 is 2.58 bits per heavy atom. The van der Waals surface area contributed by atoms with Crippen LogP contribution in [0.4, 0.5) is 27.6 Å². The number of aryl methyl sites for hydroxylation is 2. The van der Waals surface area contributed by atoms with Gasteiger partial charge in [-0.05, 0) is 26.8 Å². The minimum absolute atomic E-state index is 0.0152. The van der Waals surface area contributed by atoms with Gasteiger partial charge in [0.15, 0.2) is 5.82 Å². The van der Waals surface area contributed by atoms with Crippen LogP contribution in [0.25, 0.3) is 11.1 Å². The molecule has 13 heteroatoms. The Kier molecular flexibility index (Phi) is 6.24. The highest BCUT2D eigenvalue weighted by Crippen LogP contribution is 2.39. The van der Waals surface area contributed by atoms with Crippen LogP contribution in [0, 0.1) is 36.8 Å². The van der Waals surface area contributed by atoms with E-state index in [2.05, 4.69) is 21.4 Å². The summed E-state index contributed by atoms with van der Waals surface area (Å²) in [6, 6.07) is 1.26. The maximum atomic E-state index is 15.2. The third-order valence-corrected chi connectivity index (χ3v) is 6.31. The SMILES string of the molecule is Cc1n[nH]c(C)c1-c1cnn(C2(CC#N)CN(c3cc(F)cc(C(=O)NC(C)C(F)(F)F)c3F)C2)c1. The number of amides is 1. The molecule has 2 aromatic heterocycles. The molecular weight excluding hydrogens is 485 g/mol. The molecule has 1 fully saturated rings. The topological polar surface area (TPSA) is 103 Å². The number of benzene rings is 1. The highest BCUT2D eigenvalue weighted by Gasteiger charge is 2.47. The van der Waals surface area contributed by atoms with Gasteiger partial charge in [0.25, 0.3) is 5.91 Å². The van der Waals surface area contributed by atoms with Crippen LogP contribution in [0.1, 0.15) is 35.1 Å². The van der Waals surface area contributed by atoms with E-state index in [1.165, 1.54) is 4.90 Å². The molecule has 0 bridgehead atoms. The van der Waals surface area contributed by atoms with Gasteiger partial charge in [-0.15, -0.1) is 0 Å². The van der Waals surface area contributed by atoms with Gasteiger partial charge < -0.3 is 10.2 Å². The second-order valence-electron chi connectivity index (χ2n) is 8.92. The van der Waals surface area contributed by atoms with Crippen molar-refractivity contribution in [3.05, 3.63) is 53.1 Å². The Hall–Kier alpha value is -3.95. The molecule has 0 spiro atoms. The van der Waals surface area contributed by atoms with Crippen molar-refractivity contribution >= 4 is 11.6 Å². The van der Waals surface area contributed by atoms with Gasteiger partial charge in [-0.25, -0.2) is 8.78 Å². The summed E-state index contributed by atoms with van der Waals surface area (Å²) in [7, 11) is 0. The van der Waals surface area contributed by atoms with Gasteiger partial charge in [0.05, 0.1) is 35.6 Å². The second-order valence-corrected chi connectivity index (χ2v) is 8.92.